The van der Waals surface area contributed by atoms with Gasteiger partial charge in [-0.05, 0) is 35.2 Å². The minimum absolute atomic E-state index is 0. The molecule has 0 saturated carbocycles. The summed E-state index contributed by atoms with van der Waals surface area (Å²) in [7, 11) is 1.65. The summed E-state index contributed by atoms with van der Waals surface area (Å²) in [6.07, 6.45) is 3.45. The first-order chi connectivity index (χ1) is 14.6. The zero-order chi connectivity index (χ0) is 21.3. The number of pyridine rings is 2. The van der Waals surface area contributed by atoms with Crippen molar-refractivity contribution < 1.29 is 30.9 Å². The molecule has 4 aromatic rings. The molecule has 0 atom stereocenters. The maximum absolute atomic E-state index is 9.04. The molecule has 2 aromatic carbocycles. The van der Waals surface area contributed by atoms with Gasteiger partial charge in [0.05, 0.1) is 13.7 Å². The summed E-state index contributed by atoms with van der Waals surface area (Å²) >= 11 is 0. The fraction of sp³-hybridized carbons (Fsp3) is 0.154. The van der Waals surface area contributed by atoms with Crippen LogP contribution in [0.3, 0.4) is 0 Å². The Balaban J connectivity index is 0.000000213. The van der Waals surface area contributed by atoms with Gasteiger partial charge in [0.15, 0.2) is 0 Å². The van der Waals surface area contributed by atoms with E-state index in [0.29, 0.717) is 0 Å². The van der Waals surface area contributed by atoms with Crippen molar-refractivity contribution in [3.05, 3.63) is 102 Å². The van der Waals surface area contributed by atoms with Crippen LogP contribution in [-0.2, 0) is 27.7 Å². The molecule has 2 heterocycles. The van der Waals surface area contributed by atoms with E-state index >= 15 is 0 Å². The van der Waals surface area contributed by atoms with Gasteiger partial charge in [0.2, 0.25) is 0 Å². The number of ether oxygens (including phenoxy) is 1. The largest absolute Gasteiger partial charge is 2.00 e. The van der Waals surface area contributed by atoms with Crippen molar-refractivity contribution in [2.75, 3.05) is 7.11 Å². The van der Waals surface area contributed by atoms with E-state index in [1.165, 1.54) is 5.56 Å². The zero-order valence-electron chi connectivity index (χ0n) is 17.7. The van der Waals surface area contributed by atoms with Gasteiger partial charge in [-0.3, -0.25) is 0 Å². The van der Waals surface area contributed by atoms with Gasteiger partial charge < -0.3 is 19.8 Å². The molecule has 0 fully saturated rings. The molecular formula is C26H24N2O2Pt. The molecule has 0 saturated heterocycles. The average Bonchev–Trinajstić information content (AvgIpc) is 2.80. The molecule has 31 heavy (non-hydrogen) atoms. The van der Waals surface area contributed by atoms with Crippen molar-refractivity contribution in [2.24, 2.45) is 0 Å². The van der Waals surface area contributed by atoms with Crippen LogP contribution in [0.15, 0.2) is 73.1 Å². The third-order valence-corrected chi connectivity index (χ3v) is 4.62. The Morgan fingerprint density at radius 1 is 0.839 bits per heavy atom. The van der Waals surface area contributed by atoms with Crippen molar-refractivity contribution in [2.45, 2.75) is 20.5 Å². The predicted molar refractivity (Wildman–Crippen MR) is 119 cm³/mol. The average molecular weight is 592 g/mol. The smallest absolute Gasteiger partial charge is 0.497 e. The molecule has 5 heteroatoms. The second-order valence-corrected chi connectivity index (χ2v) is 6.74. The van der Waals surface area contributed by atoms with Crippen molar-refractivity contribution in [3.63, 3.8) is 0 Å². The van der Waals surface area contributed by atoms with Gasteiger partial charge in [-0.25, -0.2) is 0 Å². The monoisotopic (exact) mass is 591 g/mol. The van der Waals surface area contributed by atoms with Crippen LogP contribution in [0.1, 0.15) is 16.7 Å². The van der Waals surface area contributed by atoms with Crippen molar-refractivity contribution in [3.8, 4) is 28.3 Å². The number of benzene rings is 2. The molecule has 4 rings (SSSR count). The number of hydrogen-bond acceptors (Lipinski definition) is 4. The minimum atomic E-state index is 0. The number of aryl methyl sites for hydroxylation is 2. The molecular weight excluding hydrogens is 567 g/mol. The molecule has 160 valence electrons. The Morgan fingerprint density at radius 2 is 1.39 bits per heavy atom. The molecule has 4 nitrogen and oxygen atoms in total. The van der Waals surface area contributed by atoms with Gasteiger partial charge in [-0.2, -0.15) is 0 Å². The van der Waals surface area contributed by atoms with Crippen LogP contribution >= 0.6 is 0 Å². The molecule has 0 radical (unpaired) electrons. The standard InChI is InChI=1S/2C13H12NO.Pt/c1-10-5-3-4-6-12(10)13-9-11(15-2)7-8-14-13;1-10-4-2-3-5-12(10)13-8-11(9-15)6-7-14-13;/h3-5,7-9H,1-2H3;2-4,6-8,15H,9H2,1H3;/q2*-1;+2. The summed E-state index contributed by atoms with van der Waals surface area (Å²) in [5.41, 5.74) is 6.95. The second kappa shape index (κ2) is 12.1. The van der Waals surface area contributed by atoms with E-state index in [0.717, 1.165) is 39.4 Å². The third-order valence-electron chi connectivity index (χ3n) is 4.62. The van der Waals surface area contributed by atoms with Crippen LogP contribution in [0.25, 0.3) is 22.5 Å². The summed E-state index contributed by atoms with van der Waals surface area (Å²) in [5, 5.41) is 9.04. The van der Waals surface area contributed by atoms with Gasteiger partial charge in [0.1, 0.15) is 5.75 Å². The van der Waals surface area contributed by atoms with Gasteiger partial charge >= 0.3 is 21.1 Å². The summed E-state index contributed by atoms with van der Waals surface area (Å²) < 4.78 is 5.16. The summed E-state index contributed by atoms with van der Waals surface area (Å²) in [4.78, 5) is 8.58. The first-order valence-electron chi connectivity index (χ1n) is 9.63. The molecule has 0 bridgehead atoms. The Bertz CT molecular complexity index is 1030. The number of aliphatic hydroxyl groups is 1. The van der Waals surface area contributed by atoms with Crippen LogP contribution in [0.5, 0.6) is 5.75 Å². The minimum Gasteiger partial charge on any atom is -0.497 e. The third kappa shape index (κ3) is 6.58. The van der Waals surface area contributed by atoms with Crippen molar-refractivity contribution >= 4 is 0 Å². The first kappa shape index (κ1) is 24.5. The molecule has 0 unspecified atom stereocenters. The van der Waals surface area contributed by atoms with Gasteiger partial charge in [-0.1, -0.05) is 19.9 Å². The summed E-state index contributed by atoms with van der Waals surface area (Å²) in [6, 6.07) is 25.6. The molecule has 1 N–H and O–H groups in total. The van der Waals surface area contributed by atoms with Crippen LogP contribution < -0.4 is 4.74 Å². The topological polar surface area (TPSA) is 55.2 Å². The van der Waals surface area contributed by atoms with Crippen LogP contribution in [0.4, 0.5) is 0 Å². The molecule has 2 aromatic heterocycles. The van der Waals surface area contributed by atoms with Crippen LogP contribution in [0, 0.1) is 26.0 Å². The van der Waals surface area contributed by atoms with Crippen molar-refractivity contribution in [1.82, 2.24) is 9.97 Å². The molecule has 0 aliphatic heterocycles. The van der Waals surface area contributed by atoms with Crippen molar-refractivity contribution in [1.29, 1.82) is 0 Å². The van der Waals surface area contributed by atoms with Crippen LogP contribution in [-0.4, -0.2) is 22.2 Å². The van der Waals surface area contributed by atoms with Crippen LogP contribution in [0.2, 0.25) is 0 Å². The Hall–Kier alpha value is -2.81. The first-order valence-corrected chi connectivity index (χ1v) is 9.63. The number of nitrogens with zero attached hydrogens (tertiary/aromatic N) is 2. The van der Waals surface area contributed by atoms with E-state index in [9.17, 15) is 0 Å². The summed E-state index contributed by atoms with van der Waals surface area (Å²) in [6.45, 7) is 4.12. The molecule has 0 aliphatic rings. The molecule has 0 spiro atoms. The fourth-order valence-corrected chi connectivity index (χ4v) is 2.98. The molecule has 0 amide bonds. The number of methoxy groups -OCH3 is 1. The number of rotatable bonds is 4. The fourth-order valence-electron chi connectivity index (χ4n) is 2.98. The van der Waals surface area contributed by atoms with E-state index in [4.69, 9.17) is 9.84 Å². The van der Waals surface area contributed by atoms with E-state index in [2.05, 4.69) is 22.1 Å². The quantitative estimate of drug-likeness (QED) is 0.331. The Kier molecular flexibility index (Phi) is 9.58. The van der Waals surface area contributed by atoms with E-state index < -0.39 is 0 Å². The van der Waals surface area contributed by atoms with Gasteiger partial charge in [0.25, 0.3) is 0 Å². The van der Waals surface area contributed by atoms with Gasteiger partial charge in [0, 0.05) is 12.4 Å². The van der Waals surface area contributed by atoms with E-state index in [1.54, 1.807) is 19.5 Å². The normalized spacial score (nSPS) is 9.81. The SMILES string of the molecule is COc1ccnc(-c2[c-]cccc2C)c1.Cc1ccc[c-]c1-c1cc(CO)ccn1.[Pt+2]. The predicted octanol–water partition coefficient (Wildman–Crippen LogP) is 5.21. The Morgan fingerprint density at radius 3 is 1.90 bits per heavy atom. The molecule has 0 aliphatic carbocycles. The number of aromatic nitrogens is 2. The maximum Gasteiger partial charge on any atom is 2.00 e. The zero-order valence-corrected chi connectivity index (χ0v) is 20.0. The van der Waals surface area contributed by atoms with E-state index in [1.807, 2.05) is 74.5 Å². The Labute approximate surface area is 198 Å². The number of hydrogen-bond donors (Lipinski definition) is 1. The maximum atomic E-state index is 9.04. The summed E-state index contributed by atoms with van der Waals surface area (Å²) in [5.74, 6) is 0.816. The van der Waals surface area contributed by atoms with Gasteiger partial charge in [-0.15, -0.1) is 70.8 Å². The van der Waals surface area contributed by atoms with E-state index in [-0.39, 0.29) is 27.7 Å². The number of aliphatic hydroxyl groups excluding tert-OH is 1. The second-order valence-electron chi connectivity index (χ2n) is 6.74.